The fraction of sp³-hybridized carbons (Fsp3) is 0.600. The van der Waals surface area contributed by atoms with Crippen molar-refractivity contribution in [2.45, 2.75) is 46.1 Å². The van der Waals surface area contributed by atoms with E-state index in [-0.39, 0.29) is 5.82 Å². The number of hydrogen-bond acceptors (Lipinski definition) is 1. The van der Waals surface area contributed by atoms with Crippen LogP contribution in [-0.2, 0) is 0 Å². The van der Waals surface area contributed by atoms with E-state index >= 15 is 0 Å². The molecule has 94 valence electrons. The summed E-state index contributed by atoms with van der Waals surface area (Å²) in [6.07, 6.45) is 3.69. The van der Waals surface area contributed by atoms with Crippen molar-refractivity contribution in [3.05, 3.63) is 29.6 Å². The summed E-state index contributed by atoms with van der Waals surface area (Å²) in [5.41, 5.74) is 1.69. The predicted molar refractivity (Wildman–Crippen MR) is 70.7 cm³/mol. The van der Waals surface area contributed by atoms with Gasteiger partial charge >= 0.3 is 0 Å². The highest BCUT2D eigenvalue weighted by atomic mass is 19.1. The number of halogens is 1. The minimum absolute atomic E-state index is 0.129. The number of aryl methyl sites for hydroxylation is 1. The van der Waals surface area contributed by atoms with Gasteiger partial charge in [0.15, 0.2) is 0 Å². The van der Waals surface area contributed by atoms with Crippen LogP contribution in [0.5, 0.6) is 0 Å². The lowest BCUT2D eigenvalue weighted by atomic mass is 9.80. The third-order valence-electron chi connectivity index (χ3n) is 4.01. The monoisotopic (exact) mass is 235 g/mol. The Labute approximate surface area is 103 Å². The van der Waals surface area contributed by atoms with Crippen molar-refractivity contribution in [1.82, 2.24) is 0 Å². The standard InChI is InChI=1S/C15H22FN/c1-10-7-8-11(2)14(9-10)17-15-12(3)5-4-6-13(15)16/h4-6,10-11,14,17H,7-9H2,1-3H3. The topological polar surface area (TPSA) is 12.0 Å². The van der Waals surface area contributed by atoms with Gasteiger partial charge in [-0.2, -0.15) is 0 Å². The second kappa shape index (κ2) is 5.07. The average molecular weight is 235 g/mol. The van der Waals surface area contributed by atoms with Crippen LogP contribution in [0.4, 0.5) is 10.1 Å². The van der Waals surface area contributed by atoms with Crippen LogP contribution in [0.15, 0.2) is 18.2 Å². The second-order valence-electron chi connectivity index (χ2n) is 5.58. The van der Waals surface area contributed by atoms with Crippen LogP contribution in [0.2, 0.25) is 0 Å². The Morgan fingerprint density at radius 1 is 1.24 bits per heavy atom. The number of nitrogens with one attached hydrogen (secondary N) is 1. The molecule has 0 radical (unpaired) electrons. The molecule has 1 nitrogen and oxygen atoms in total. The molecule has 0 saturated heterocycles. The summed E-state index contributed by atoms with van der Waals surface area (Å²) in [4.78, 5) is 0. The summed E-state index contributed by atoms with van der Waals surface area (Å²) in [6, 6.07) is 5.67. The molecule has 1 saturated carbocycles. The smallest absolute Gasteiger partial charge is 0.146 e. The summed E-state index contributed by atoms with van der Waals surface area (Å²) in [7, 11) is 0. The molecule has 0 spiro atoms. The largest absolute Gasteiger partial charge is 0.379 e. The Bertz CT molecular complexity index is 368. The Kier molecular flexibility index (Phi) is 3.70. The fourth-order valence-corrected chi connectivity index (χ4v) is 2.73. The van der Waals surface area contributed by atoms with Gasteiger partial charge in [-0.3, -0.25) is 0 Å². The van der Waals surface area contributed by atoms with E-state index in [1.807, 2.05) is 13.0 Å². The second-order valence-corrected chi connectivity index (χ2v) is 5.58. The molecule has 0 aromatic heterocycles. The Balaban J connectivity index is 2.14. The van der Waals surface area contributed by atoms with Gasteiger partial charge in [0.05, 0.1) is 5.69 Å². The number of benzene rings is 1. The van der Waals surface area contributed by atoms with Crippen molar-refractivity contribution in [2.24, 2.45) is 11.8 Å². The highest BCUT2D eigenvalue weighted by Gasteiger charge is 2.26. The van der Waals surface area contributed by atoms with E-state index in [4.69, 9.17) is 0 Å². The summed E-state index contributed by atoms with van der Waals surface area (Å²) in [5.74, 6) is 1.25. The van der Waals surface area contributed by atoms with Crippen LogP contribution >= 0.6 is 0 Å². The Morgan fingerprint density at radius 2 is 2.00 bits per heavy atom. The summed E-state index contributed by atoms with van der Waals surface area (Å²) < 4.78 is 13.8. The number of hydrogen-bond donors (Lipinski definition) is 1. The summed E-state index contributed by atoms with van der Waals surface area (Å²) >= 11 is 0. The minimum atomic E-state index is -0.129. The average Bonchev–Trinajstić information content (AvgIpc) is 2.28. The van der Waals surface area contributed by atoms with E-state index < -0.39 is 0 Å². The van der Waals surface area contributed by atoms with Gasteiger partial charge in [0.2, 0.25) is 0 Å². The highest BCUT2D eigenvalue weighted by Crippen LogP contribution is 2.32. The SMILES string of the molecule is Cc1cccc(F)c1NC1CC(C)CCC1C. The van der Waals surface area contributed by atoms with E-state index in [9.17, 15) is 4.39 Å². The van der Waals surface area contributed by atoms with Gasteiger partial charge in [-0.05, 0) is 43.2 Å². The molecule has 0 aliphatic heterocycles. The molecule has 3 unspecified atom stereocenters. The third-order valence-corrected chi connectivity index (χ3v) is 4.01. The van der Waals surface area contributed by atoms with Gasteiger partial charge in [0, 0.05) is 6.04 Å². The molecule has 1 N–H and O–H groups in total. The van der Waals surface area contributed by atoms with E-state index in [1.54, 1.807) is 6.07 Å². The van der Waals surface area contributed by atoms with Crippen LogP contribution in [0.3, 0.4) is 0 Å². The molecule has 2 heteroatoms. The molecule has 1 aliphatic rings. The molecule has 0 bridgehead atoms. The number of para-hydroxylation sites is 1. The first-order valence-corrected chi connectivity index (χ1v) is 6.59. The first-order chi connectivity index (χ1) is 8.08. The lowest BCUT2D eigenvalue weighted by Gasteiger charge is -2.34. The number of anilines is 1. The molecule has 1 aromatic rings. The van der Waals surface area contributed by atoms with Crippen molar-refractivity contribution in [3.63, 3.8) is 0 Å². The normalized spacial score (nSPS) is 29.1. The zero-order valence-electron chi connectivity index (χ0n) is 11.0. The van der Waals surface area contributed by atoms with Gasteiger partial charge in [0.1, 0.15) is 5.82 Å². The van der Waals surface area contributed by atoms with E-state index in [0.29, 0.717) is 17.6 Å². The fourth-order valence-electron chi connectivity index (χ4n) is 2.73. The van der Waals surface area contributed by atoms with Crippen molar-refractivity contribution in [1.29, 1.82) is 0 Å². The lowest BCUT2D eigenvalue weighted by molar-refractivity contribution is 0.280. The maximum Gasteiger partial charge on any atom is 0.146 e. The molecular weight excluding hydrogens is 213 g/mol. The van der Waals surface area contributed by atoms with E-state index in [2.05, 4.69) is 19.2 Å². The first kappa shape index (κ1) is 12.4. The molecule has 0 heterocycles. The molecule has 17 heavy (non-hydrogen) atoms. The van der Waals surface area contributed by atoms with Gasteiger partial charge < -0.3 is 5.32 Å². The minimum Gasteiger partial charge on any atom is -0.379 e. The molecule has 3 atom stereocenters. The number of rotatable bonds is 2. The molecule has 1 aliphatic carbocycles. The van der Waals surface area contributed by atoms with Crippen LogP contribution in [-0.4, -0.2) is 6.04 Å². The van der Waals surface area contributed by atoms with E-state index in [1.165, 1.54) is 18.9 Å². The summed E-state index contributed by atoms with van der Waals surface area (Å²) in [5, 5.41) is 3.42. The van der Waals surface area contributed by atoms with Crippen LogP contribution < -0.4 is 5.32 Å². The highest BCUT2D eigenvalue weighted by molar-refractivity contribution is 5.52. The lowest BCUT2D eigenvalue weighted by Crippen LogP contribution is -2.34. The molecule has 1 aromatic carbocycles. The Morgan fingerprint density at radius 3 is 2.71 bits per heavy atom. The molecule has 2 rings (SSSR count). The van der Waals surface area contributed by atoms with Gasteiger partial charge in [0.25, 0.3) is 0 Å². The van der Waals surface area contributed by atoms with Gasteiger partial charge in [-0.25, -0.2) is 4.39 Å². The summed E-state index contributed by atoms with van der Waals surface area (Å²) in [6.45, 7) is 6.51. The maximum atomic E-state index is 13.8. The maximum absolute atomic E-state index is 13.8. The van der Waals surface area contributed by atoms with Gasteiger partial charge in [-0.15, -0.1) is 0 Å². The molecular formula is C15H22FN. The van der Waals surface area contributed by atoms with Crippen molar-refractivity contribution < 1.29 is 4.39 Å². The van der Waals surface area contributed by atoms with Crippen LogP contribution in [0.1, 0.15) is 38.7 Å². The zero-order valence-corrected chi connectivity index (χ0v) is 11.0. The Hall–Kier alpha value is -1.05. The zero-order chi connectivity index (χ0) is 12.4. The third kappa shape index (κ3) is 2.80. The molecule has 0 amide bonds. The molecule has 1 fully saturated rings. The van der Waals surface area contributed by atoms with Crippen molar-refractivity contribution >= 4 is 5.69 Å². The first-order valence-electron chi connectivity index (χ1n) is 6.59. The van der Waals surface area contributed by atoms with Crippen molar-refractivity contribution in [3.8, 4) is 0 Å². The van der Waals surface area contributed by atoms with Crippen molar-refractivity contribution in [2.75, 3.05) is 5.32 Å². The quantitative estimate of drug-likeness (QED) is 0.802. The predicted octanol–water partition coefficient (Wildman–Crippen LogP) is 4.37. The van der Waals surface area contributed by atoms with Crippen LogP contribution in [0, 0.1) is 24.6 Å². The van der Waals surface area contributed by atoms with Gasteiger partial charge in [-0.1, -0.05) is 32.4 Å². The van der Waals surface area contributed by atoms with Crippen LogP contribution in [0.25, 0.3) is 0 Å². The van der Waals surface area contributed by atoms with E-state index in [0.717, 1.165) is 17.9 Å².